The summed E-state index contributed by atoms with van der Waals surface area (Å²) in [6.07, 6.45) is 2.11. The van der Waals surface area contributed by atoms with Crippen molar-refractivity contribution in [3.05, 3.63) is 66.2 Å². The van der Waals surface area contributed by atoms with E-state index < -0.39 is 0 Å². The Hall–Kier alpha value is -2.29. The topological polar surface area (TPSA) is 23.6 Å². The monoisotopic (exact) mass is 296 g/mol. The lowest BCUT2D eigenvalue weighted by Gasteiger charge is -2.28. The number of nitrogens with zero attached hydrogens (tertiary/aromatic N) is 2. The van der Waals surface area contributed by atoms with Gasteiger partial charge in [-0.1, -0.05) is 61.9 Å². The molecule has 0 saturated carbocycles. The second kappa shape index (κ2) is 8.23. The van der Waals surface area contributed by atoms with E-state index in [-0.39, 0.29) is 6.03 Å². The number of rotatable bonds is 6. The van der Waals surface area contributed by atoms with Crippen LogP contribution in [0.15, 0.2) is 60.7 Å². The minimum atomic E-state index is 0.0449. The highest BCUT2D eigenvalue weighted by Crippen LogP contribution is 2.18. The zero-order chi connectivity index (χ0) is 15.8. The molecule has 0 fully saturated rings. The molecule has 3 heteroatoms. The van der Waals surface area contributed by atoms with Crippen molar-refractivity contribution >= 4 is 11.7 Å². The molecule has 0 aliphatic rings. The molecule has 2 aromatic carbocycles. The third-order valence-electron chi connectivity index (χ3n) is 3.66. The van der Waals surface area contributed by atoms with Crippen LogP contribution in [0.5, 0.6) is 0 Å². The summed E-state index contributed by atoms with van der Waals surface area (Å²) >= 11 is 0. The van der Waals surface area contributed by atoms with Gasteiger partial charge in [-0.05, 0) is 24.1 Å². The van der Waals surface area contributed by atoms with Gasteiger partial charge in [-0.15, -0.1) is 0 Å². The molecule has 22 heavy (non-hydrogen) atoms. The zero-order valence-corrected chi connectivity index (χ0v) is 13.4. The van der Waals surface area contributed by atoms with Crippen molar-refractivity contribution in [1.82, 2.24) is 4.90 Å². The number of carbonyl (C=O) groups is 1. The Morgan fingerprint density at radius 2 is 1.55 bits per heavy atom. The Balaban J connectivity index is 2.20. The van der Waals surface area contributed by atoms with E-state index in [1.54, 1.807) is 4.90 Å². The molecule has 2 aromatic rings. The van der Waals surface area contributed by atoms with Gasteiger partial charge in [0.05, 0.1) is 6.54 Å². The van der Waals surface area contributed by atoms with Crippen LogP contribution in [0.1, 0.15) is 25.3 Å². The lowest BCUT2D eigenvalue weighted by Crippen LogP contribution is -2.41. The molecular formula is C19H24N2O. The minimum Gasteiger partial charge on any atom is -0.327 e. The van der Waals surface area contributed by atoms with Crippen LogP contribution in [0.2, 0.25) is 0 Å². The van der Waals surface area contributed by atoms with Gasteiger partial charge in [0.15, 0.2) is 0 Å². The van der Waals surface area contributed by atoms with Gasteiger partial charge in [0.1, 0.15) is 0 Å². The van der Waals surface area contributed by atoms with Gasteiger partial charge in [-0.2, -0.15) is 0 Å². The predicted molar refractivity (Wildman–Crippen MR) is 92.0 cm³/mol. The lowest BCUT2D eigenvalue weighted by molar-refractivity contribution is 0.214. The number of para-hydroxylation sites is 1. The van der Waals surface area contributed by atoms with Crippen molar-refractivity contribution in [3.63, 3.8) is 0 Å². The van der Waals surface area contributed by atoms with E-state index in [4.69, 9.17) is 0 Å². The maximum Gasteiger partial charge on any atom is 0.324 e. The SMILES string of the molecule is CCCCN(C)C(=O)N(Cc1ccccc1)c1ccccc1. The molecule has 116 valence electrons. The first-order valence-electron chi connectivity index (χ1n) is 7.84. The number of carbonyl (C=O) groups excluding carboxylic acids is 1. The molecule has 0 saturated heterocycles. The summed E-state index contributed by atoms with van der Waals surface area (Å²) in [5, 5.41) is 0. The molecule has 0 bridgehead atoms. The second-order valence-corrected chi connectivity index (χ2v) is 5.46. The van der Waals surface area contributed by atoms with Crippen LogP contribution in [0, 0.1) is 0 Å². The molecule has 0 aliphatic heterocycles. The molecular weight excluding hydrogens is 272 g/mol. The van der Waals surface area contributed by atoms with Crippen molar-refractivity contribution in [2.45, 2.75) is 26.3 Å². The number of benzene rings is 2. The van der Waals surface area contributed by atoms with Crippen molar-refractivity contribution in [1.29, 1.82) is 0 Å². The molecule has 0 aliphatic carbocycles. The minimum absolute atomic E-state index is 0.0449. The Morgan fingerprint density at radius 1 is 0.955 bits per heavy atom. The van der Waals surface area contributed by atoms with Crippen LogP contribution in [0.4, 0.5) is 10.5 Å². The molecule has 2 amide bonds. The molecule has 0 aromatic heterocycles. The Labute approximate surface area is 133 Å². The van der Waals surface area contributed by atoms with Gasteiger partial charge in [0.25, 0.3) is 0 Å². The Morgan fingerprint density at radius 3 is 2.14 bits per heavy atom. The average molecular weight is 296 g/mol. The van der Waals surface area contributed by atoms with E-state index in [0.717, 1.165) is 30.6 Å². The quantitative estimate of drug-likeness (QED) is 0.767. The molecule has 0 atom stereocenters. The molecule has 0 unspecified atom stereocenters. The molecule has 0 radical (unpaired) electrons. The van der Waals surface area contributed by atoms with Crippen LogP contribution >= 0.6 is 0 Å². The van der Waals surface area contributed by atoms with Gasteiger partial charge >= 0.3 is 6.03 Å². The molecule has 0 heterocycles. The summed E-state index contributed by atoms with van der Waals surface area (Å²) < 4.78 is 0. The Kier molecular flexibility index (Phi) is 6.01. The van der Waals surface area contributed by atoms with Crippen molar-refractivity contribution in [3.8, 4) is 0 Å². The third kappa shape index (κ3) is 4.35. The van der Waals surface area contributed by atoms with E-state index in [9.17, 15) is 4.79 Å². The van der Waals surface area contributed by atoms with E-state index in [2.05, 4.69) is 19.1 Å². The predicted octanol–water partition coefficient (Wildman–Crippen LogP) is 4.55. The fourth-order valence-electron chi connectivity index (χ4n) is 2.34. The summed E-state index contributed by atoms with van der Waals surface area (Å²) in [7, 11) is 1.87. The lowest BCUT2D eigenvalue weighted by atomic mass is 10.2. The number of hydrogen-bond donors (Lipinski definition) is 0. The number of amides is 2. The van der Waals surface area contributed by atoms with Crippen molar-refractivity contribution in [2.75, 3.05) is 18.5 Å². The van der Waals surface area contributed by atoms with Crippen LogP contribution in [-0.2, 0) is 6.54 Å². The second-order valence-electron chi connectivity index (χ2n) is 5.46. The number of hydrogen-bond acceptors (Lipinski definition) is 1. The van der Waals surface area contributed by atoms with Gasteiger partial charge in [0.2, 0.25) is 0 Å². The molecule has 3 nitrogen and oxygen atoms in total. The van der Waals surface area contributed by atoms with E-state index in [1.165, 1.54) is 0 Å². The van der Waals surface area contributed by atoms with E-state index in [1.807, 2.05) is 60.5 Å². The normalized spacial score (nSPS) is 10.3. The zero-order valence-electron chi connectivity index (χ0n) is 13.4. The van der Waals surface area contributed by atoms with Crippen molar-refractivity contribution in [2.24, 2.45) is 0 Å². The first-order chi connectivity index (χ1) is 10.7. The van der Waals surface area contributed by atoms with Crippen molar-refractivity contribution < 1.29 is 4.79 Å². The highest BCUT2D eigenvalue weighted by molar-refractivity contribution is 5.91. The smallest absolute Gasteiger partial charge is 0.324 e. The first kappa shape index (κ1) is 16.1. The largest absolute Gasteiger partial charge is 0.327 e. The van der Waals surface area contributed by atoms with Crippen LogP contribution in [0.3, 0.4) is 0 Å². The molecule has 0 spiro atoms. The maximum absolute atomic E-state index is 12.8. The first-order valence-corrected chi connectivity index (χ1v) is 7.84. The van der Waals surface area contributed by atoms with Crippen LogP contribution < -0.4 is 4.90 Å². The average Bonchev–Trinajstić information content (AvgIpc) is 2.58. The highest BCUT2D eigenvalue weighted by Gasteiger charge is 2.19. The number of anilines is 1. The standard InChI is InChI=1S/C19H24N2O/c1-3-4-15-20(2)19(22)21(18-13-9-6-10-14-18)16-17-11-7-5-8-12-17/h5-14H,3-4,15-16H2,1-2H3. The maximum atomic E-state index is 12.8. The van der Waals surface area contributed by atoms with Crippen LogP contribution in [-0.4, -0.2) is 24.5 Å². The number of urea groups is 1. The molecule has 2 rings (SSSR count). The summed E-state index contributed by atoms with van der Waals surface area (Å²) in [6.45, 7) is 3.50. The summed E-state index contributed by atoms with van der Waals surface area (Å²) in [5.41, 5.74) is 2.06. The highest BCUT2D eigenvalue weighted by atomic mass is 16.2. The fraction of sp³-hybridized carbons (Fsp3) is 0.316. The van der Waals surface area contributed by atoms with E-state index >= 15 is 0 Å². The fourth-order valence-corrected chi connectivity index (χ4v) is 2.34. The van der Waals surface area contributed by atoms with E-state index in [0.29, 0.717) is 6.54 Å². The summed E-state index contributed by atoms with van der Waals surface area (Å²) in [6, 6.07) is 20.0. The van der Waals surface area contributed by atoms with Gasteiger partial charge in [-0.25, -0.2) is 4.79 Å². The number of unbranched alkanes of at least 4 members (excludes halogenated alkanes) is 1. The van der Waals surface area contributed by atoms with Crippen LogP contribution in [0.25, 0.3) is 0 Å². The summed E-state index contributed by atoms with van der Waals surface area (Å²) in [4.78, 5) is 16.4. The summed E-state index contributed by atoms with van der Waals surface area (Å²) in [5.74, 6) is 0. The third-order valence-corrected chi connectivity index (χ3v) is 3.66. The van der Waals surface area contributed by atoms with Gasteiger partial charge < -0.3 is 4.90 Å². The van der Waals surface area contributed by atoms with Gasteiger partial charge in [0, 0.05) is 19.3 Å². The molecule has 0 N–H and O–H groups in total. The Bertz CT molecular complexity index is 569. The van der Waals surface area contributed by atoms with Gasteiger partial charge in [-0.3, -0.25) is 4.90 Å².